The maximum atomic E-state index is 13.1. The number of nitrogens with one attached hydrogen (secondary N) is 1. The third-order valence-corrected chi connectivity index (χ3v) is 6.79. The number of amides is 3. The minimum Gasteiger partial charge on any atom is -0.337 e. The molecule has 1 saturated heterocycles. The average Bonchev–Trinajstić information content (AvgIpc) is 3.32. The van der Waals surface area contributed by atoms with Crippen LogP contribution in [0.5, 0.6) is 0 Å². The highest BCUT2D eigenvalue weighted by atomic mass is 35.5. The zero-order valence-corrected chi connectivity index (χ0v) is 20.4. The number of anilines is 1. The highest BCUT2D eigenvalue weighted by molar-refractivity contribution is 8.18. The van der Waals surface area contributed by atoms with Crippen molar-refractivity contribution in [3.63, 3.8) is 0 Å². The fourth-order valence-electron chi connectivity index (χ4n) is 4.00. The van der Waals surface area contributed by atoms with Crippen LogP contribution in [0.4, 0.5) is 14.9 Å². The summed E-state index contributed by atoms with van der Waals surface area (Å²) in [4.78, 5) is 39.8. The summed E-state index contributed by atoms with van der Waals surface area (Å²) in [7, 11) is 0. The number of para-hydroxylation sites is 1. The van der Waals surface area contributed by atoms with Crippen LogP contribution >= 0.6 is 23.4 Å². The Morgan fingerprint density at radius 1 is 1.03 bits per heavy atom. The summed E-state index contributed by atoms with van der Waals surface area (Å²) in [6.07, 6.45) is 3.46. The zero-order valence-electron chi connectivity index (χ0n) is 18.8. The molecule has 5 rings (SSSR count). The number of imide groups is 1. The molecule has 0 aliphatic carbocycles. The third kappa shape index (κ3) is 5.05. The van der Waals surface area contributed by atoms with Crippen molar-refractivity contribution in [3.05, 3.63) is 106 Å². The molecule has 3 amide bonds. The van der Waals surface area contributed by atoms with E-state index in [2.05, 4.69) is 5.32 Å². The van der Waals surface area contributed by atoms with Crippen molar-refractivity contribution in [3.8, 4) is 0 Å². The molecule has 0 spiro atoms. The summed E-state index contributed by atoms with van der Waals surface area (Å²) >= 11 is 6.91. The summed E-state index contributed by atoms with van der Waals surface area (Å²) in [5.41, 5.74) is 2.77. The van der Waals surface area contributed by atoms with Gasteiger partial charge in [-0.05, 0) is 65.9 Å². The highest BCUT2D eigenvalue weighted by Crippen LogP contribution is 2.35. The molecule has 0 unspecified atom stereocenters. The average molecular weight is 520 g/mol. The van der Waals surface area contributed by atoms with Crippen molar-refractivity contribution in [2.45, 2.75) is 13.1 Å². The number of rotatable bonds is 6. The van der Waals surface area contributed by atoms with Gasteiger partial charge in [-0.1, -0.05) is 41.9 Å². The van der Waals surface area contributed by atoms with Gasteiger partial charge in [-0.3, -0.25) is 19.3 Å². The SMILES string of the molecule is O=C(Cn1cc(/C=C2\SC(=O)N(Cc3cccc(Cl)c3)C2=O)c2ccccc21)Nc1ccc(F)cc1. The maximum absolute atomic E-state index is 13.1. The molecule has 3 aromatic carbocycles. The van der Waals surface area contributed by atoms with Gasteiger partial charge in [0.05, 0.1) is 11.4 Å². The Bertz CT molecular complexity index is 1530. The molecule has 6 nitrogen and oxygen atoms in total. The van der Waals surface area contributed by atoms with Crippen molar-refractivity contribution in [1.82, 2.24) is 9.47 Å². The number of benzene rings is 3. The van der Waals surface area contributed by atoms with Crippen LogP contribution in [-0.4, -0.2) is 26.5 Å². The number of carbonyl (C=O) groups is 3. The lowest BCUT2D eigenvalue weighted by atomic mass is 10.1. The number of hydrogen-bond acceptors (Lipinski definition) is 4. The van der Waals surface area contributed by atoms with E-state index in [4.69, 9.17) is 11.6 Å². The Hall–Kier alpha value is -3.88. The van der Waals surface area contributed by atoms with Gasteiger partial charge in [0.2, 0.25) is 5.91 Å². The van der Waals surface area contributed by atoms with E-state index >= 15 is 0 Å². The predicted octanol–water partition coefficient (Wildman–Crippen LogP) is 6.31. The fraction of sp³-hybridized carbons (Fsp3) is 0.0741. The molecule has 36 heavy (non-hydrogen) atoms. The molecule has 2 heterocycles. The summed E-state index contributed by atoms with van der Waals surface area (Å²) in [5.74, 6) is -1.04. The van der Waals surface area contributed by atoms with Gasteiger partial charge in [0.1, 0.15) is 12.4 Å². The standard InChI is InChI=1S/C27H19ClFN3O3S/c28-19-5-3-4-17(12-19)14-32-26(34)24(36-27(32)35)13-18-15-31(23-7-2-1-6-22(18)23)16-25(33)30-21-10-8-20(29)9-11-21/h1-13,15H,14,16H2,(H,30,33)/b24-13-. The van der Waals surface area contributed by atoms with Crippen molar-refractivity contribution in [2.24, 2.45) is 0 Å². The Labute approximate surface area is 215 Å². The van der Waals surface area contributed by atoms with E-state index in [1.54, 1.807) is 35.0 Å². The predicted molar refractivity (Wildman–Crippen MR) is 140 cm³/mol. The summed E-state index contributed by atoms with van der Waals surface area (Å²) in [5, 5.41) is 3.77. The van der Waals surface area contributed by atoms with E-state index in [9.17, 15) is 18.8 Å². The molecule has 0 atom stereocenters. The molecule has 4 aromatic rings. The number of thioether (sulfide) groups is 1. The molecule has 0 bridgehead atoms. The molecule has 1 aliphatic rings. The van der Waals surface area contributed by atoms with Gasteiger partial charge in [0.25, 0.3) is 11.1 Å². The van der Waals surface area contributed by atoms with Gasteiger partial charge >= 0.3 is 0 Å². The van der Waals surface area contributed by atoms with Crippen LogP contribution in [0.25, 0.3) is 17.0 Å². The maximum Gasteiger partial charge on any atom is 0.293 e. The lowest BCUT2D eigenvalue weighted by molar-refractivity contribution is -0.123. The Morgan fingerprint density at radius 2 is 1.81 bits per heavy atom. The number of aromatic nitrogens is 1. The number of hydrogen-bond donors (Lipinski definition) is 1. The van der Waals surface area contributed by atoms with Crippen molar-refractivity contribution in [2.75, 3.05) is 5.32 Å². The molecule has 1 aromatic heterocycles. The first-order valence-corrected chi connectivity index (χ1v) is 12.2. The monoisotopic (exact) mass is 519 g/mol. The summed E-state index contributed by atoms with van der Waals surface area (Å²) in [6.45, 7) is 0.149. The first-order valence-electron chi connectivity index (χ1n) is 11.0. The number of carbonyl (C=O) groups excluding carboxylic acids is 3. The highest BCUT2D eigenvalue weighted by Gasteiger charge is 2.35. The van der Waals surface area contributed by atoms with Crippen molar-refractivity contribution < 1.29 is 18.8 Å². The Balaban J connectivity index is 1.39. The van der Waals surface area contributed by atoms with Gasteiger partial charge in [-0.25, -0.2) is 4.39 Å². The lowest BCUT2D eigenvalue weighted by Crippen LogP contribution is -2.27. The van der Waals surface area contributed by atoms with Crippen molar-refractivity contribution in [1.29, 1.82) is 0 Å². The second kappa shape index (κ2) is 10.0. The van der Waals surface area contributed by atoms with E-state index in [-0.39, 0.29) is 36.0 Å². The molecular weight excluding hydrogens is 501 g/mol. The van der Waals surface area contributed by atoms with Crippen LogP contribution in [-0.2, 0) is 22.7 Å². The molecule has 9 heteroatoms. The fourth-order valence-corrected chi connectivity index (χ4v) is 5.05. The molecule has 0 radical (unpaired) electrons. The molecular formula is C27H19ClFN3O3S. The van der Waals surface area contributed by atoms with Gasteiger partial charge in [0.15, 0.2) is 0 Å². The number of halogens is 2. The van der Waals surface area contributed by atoms with Gasteiger partial charge in [-0.2, -0.15) is 0 Å². The quantitative estimate of drug-likeness (QED) is 0.303. The summed E-state index contributed by atoms with van der Waals surface area (Å²) in [6, 6.07) is 20.1. The van der Waals surface area contributed by atoms with Crippen LogP contribution < -0.4 is 5.32 Å². The normalized spacial score (nSPS) is 14.7. The third-order valence-electron chi connectivity index (χ3n) is 5.65. The molecule has 0 saturated carbocycles. The first kappa shape index (κ1) is 23.8. The Morgan fingerprint density at radius 3 is 2.58 bits per heavy atom. The number of fused-ring (bicyclic) bond motifs is 1. The first-order chi connectivity index (χ1) is 17.4. The van der Waals surface area contributed by atoms with E-state index in [0.717, 1.165) is 28.2 Å². The molecule has 180 valence electrons. The van der Waals surface area contributed by atoms with E-state index in [1.807, 2.05) is 30.3 Å². The lowest BCUT2D eigenvalue weighted by Gasteiger charge is -2.12. The van der Waals surface area contributed by atoms with Crippen LogP contribution in [0.3, 0.4) is 0 Å². The smallest absolute Gasteiger partial charge is 0.293 e. The largest absolute Gasteiger partial charge is 0.337 e. The molecule has 1 N–H and O–H groups in total. The second-order valence-electron chi connectivity index (χ2n) is 8.18. The zero-order chi connectivity index (χ0) is 25.2. The van der Waals surface area contributed by atoms with Crippen LogP contribution in [0.15, 0.2) is 83.9 Å². The minimum absolute atomic E-state index is 0.0158. The van der Waals surface area contributed by atoms with Gasteiger partial charge < -0.3 is 9.88 Å². The van der Waals surface area contributed by atoms with Crippen LogP contribution in [0.1, 0.15) is 11.1 Å². The van der Waals surface area contributed by atoms with E-state index < -0.39 is 0 Å². The summed E-state index contributed by atoms with van der Waals surface area (Å²) < 4.78 is 14.9. The minimum atomic E-state index is -0.383. The Kier molecular flexibility index (Phi) is 6.63. The topological polar surface area (TPSA) is 71.4 Å². The molecule has 1 fully saturated rings. The van der Waals surface area contributed by atoms with E-state index in [0.29, 0.717) is 21.2 Å². The van der Waals surface area contributed by atoms with Crippen LogP contribution in [0, 0.1) is 5.82 Å². The number of nitrogens with zero attached hydrogens (tertiary/aromatic N) is 2. The molecule has 1 aliphatic heterocycles. The van der Waals surface area contributed by atoms with E-state index in [1.165, 1.54) is 29.2 Å². The van der Waals surface area contributed by atoms with Crippen molar-refractivity contribution >= 4 is 63.1 Å². The second-order valence-corrected chi connectivity index (χ2v) is 9.61. The van der Waals surface area contributed by atoms with Gasteiger partial charge in [-0.15, -0.1) is 0 Å². The van der Waals surface area contributed by atoms with Crippen LogP contribution in [0.2, 0.25) is 5.02 Å². The van der Waals surface area contributed by atoms with Gasteiger partial charge in [0, 0.05) is 33.4 Å².